The molecular formula is C20H14F4N2O2. The van der Waals surface area contributed by atoms with Crippen LogP contribution in [0.2, 0.25) is 0 Å². The molecule has 0 amide bonds. The van der Waals surface area contributed by atoms with Crippen molar-refractivity contribution in [3.8, 4) is 17.1 Å². The van der Waals surface area contributed by atoms with Crippen LogP contribution in [0.4, 0.5) is 17.6 Å². The highest BCUT2D eigenvalue weighted by molar-refractivity contribution is 5.91. The van der Waals surface area contributed by atoms with E-state index in [9.17, 15) is 22.4 Å². The number of ether oxygens (including phenoxy) is 1. The summed E-state index contributed by atoms with van der Waals surface area (Å²) in [5, 5.41) is 0. The zero-order chi connectivity index (χ0) is 20.3. The standard InChI is InChI=1S/C20H14F4N2O2/c1-12-10-25-18(26-11-12)13-2-4-14(5-3-13)19(27)28-16-7-6-15(17(21)8-16)9-20(22,23)24/h2-8,10-11H,9H2,1H3. The van der Waals surface area contributed by atoms with Gasteiger partial charge in [0, 0.05) is 24.0 Å². The predicted octanol–water partition coefficient (Wildman–Crippen LogP) is 4.92. The Bertz CT molecular complexity index is 985. The normalized spacial score (nSPS) is 11.3. The molecule has 0 N–H and O–H groups in total. The first-order valence-corrected chi connectivity index (χ1v) is 8.18. The van der Waals surface area contributed by atoms with Crippen LogP contribution in [0.25, 0.3) is 11.4 Å². The lowest BCUT2D eigenvalue weighted by Crippen LogP contribution is -2.13. The third-order valence-corrected chi connectivity index (χ3v) is 3.79. The fourth-order valence-corrected chi connectivity index (χ4v) is 2.41. The number of carbonyl (C=O) groups is 1. The van der Waals surface area contributed by atoms with Crippen molar-refractivity contribution in [3.63, 3.8) is 0 Å². The number of nitrogens with zero attached hydrogens (tertiary/aromatic N) is 2. The second-order valence-corrected chi connectivity index (χ2v) is 6.10. The summed E-state index contributed by atoms with van der Waals surface area (Å²) < 4.78 is 55.9. The second-order valence-electron chi connectivity index (χ2n) is 6.10. The number of rotatable bonds is 4. The molecule has 28 heavy (non-hydrogen) atoms. The fourth-order valence-electron chi connectivity index (χ4n) is 2.41. The van der Waals surface area contributed by atoms with Gasteiger partial charge in [0.05, 0.1) is 12.0 Å². The minimum Gasteiger partial charge on any atom is -0.423 e. The maximum atomic E-state index is 13.8. The topological polar surface area (TPSA) is 52.1 Å². The van der Waals surface area contributed by atoms with Gasteiger partial charge in [-0.1, -0.05) is 18.2 Å². The second kappa shape index (κ2) is 7.75. The summed E-state index contributed by atoms with van der Waals surface area (Å²) in [6.07, 6.45) is -2.58. The van der Waals surface area contributed by atoms with Crippen molar-refractivity contribution in [1.29, 1.82) is 0 Å². The molecule has 1 heterocycles. The van der Waals surface area contributed by atoms with E-state index in [1.807, 2.05) is 6.92 Å². The summed E-state index contributed by atoms with van der Waals surface area (Å²) in [7, 11) is 0. The average molecular weight is 390 g/mol. The van der Waals surface area contributed by atoms with Crippen molar-refractivity contribution in [2.24, 2.45) is 0 Å². The van der Waals surface area contributed by atoms with E-state index in [0.29, 0.717) is 11.4 Å². The molecule has 3 rings (SSSR count). The maximum absolute atomic E-state index is 13.8. The zero-order valence-corrected chi connectivity index (χ0v) is 14.6. The Morgan fingerprint density at radius 1 is 1.04 bits per heavy atom. The van der Waals surface area contributed by atoms with Crippen LogP contribution < -0.4 is 4.74 Å². The lowest BCUT2D eigenvalue weighted by atomic mass is 10.1. The van der Waals surface area contributed by atoms with Gasteiger partial charge in [0.2, 0.25) is 0 Å². The molecule has 0 unspecified atom stereocenters. The maximum Gasteiger partial charge on any atom is 0.393 e. The van der Waals surface area contributed by atoms with Crippen LogP contribution in [0.5, 0.6) is 5.75 Å². The van der Waals surface area contributed by atoms with Crippen LogP contribution in [-0.2, 0) is 6.42 Å². The molecule has 3 aromatic rings. The number of aromatic nitrogens is 2. The number of aryl methyl sites for hydroxylation is 1. The Balaban J connectivity index is 1.71. The van der Waals surface area contributed by atoms with Gasteiger partial charge in [-0.2, -0.15) is 13.2 Å². The van der Waals surface area contributed by atoms with E-state index in [1.54, 1.807) is 24.5 Å². The van der Waals surface area contributed by atoms with Gasteiger partial charge < -0.3 is 4.74 Å². The van der Waals surface area contributed by atoms with Gasteiger partial charge in [-0.15, -0.1) is 0 Å². The molecule has 8 heteroatoms. The largest absolute Gasteiger partial charge is 0.423 e. The van der Waals surface area contributed by atoms with Gasteiger partial charge in [-0.05, 0) is 36.2 Å². The molecule has 0 bridgehead atoms. The van der Waals surface area contributed by atoms with Crippen LogP contribution in [0, 0.1) is 12.7 Å². The van der Waals surface area contributed by atoms with Crippen molar-refractivity contribution >= 4 is 5.97 Å². The Hall–Kier alpha value is -3.29. The number of esters is 1. The number of hydrogen-bond donors (Lipinski definition) is 0. The van der Waals surface area contributed by atoms with Gasteiger partial charge in [-0.3, -0.25) is 0 Å². The van der Waals surface area contributed by atoms with Crippen LogP contribution in [0.3, 0.4) is 0 Å². The zero-order valence-electron chi connectivity index (χ0n) is 14.6. The first-order chi connectivity index (χ1) is 13.2. The van der Waals surface area contributed by atoms with E-state index < -0.39 is 29.9 Å². The van der Waals surface area contributed by atoms with E-state index >= 15 is 0 Å². The summed E-state index contributed by atoms with van der Waals surface area (Å²) in [4.78, 5) is 20.5. The first kappa shape index (κ1) is 19.5. The van der Waals surface area contributed by atoms with Crippen molar-refractivity contribution in [1.82, 2.24) is 9.97 Å². The third kappa shape index (κ3) is 4.91. The minimum absolute atomic E-state index is 0.181. The summed E-state index contributed by atoms with van der Waals surface area (Å²) in [5.74, 6) is -1.54. The molecule has 0 spiro atoms. The van der Waals surface area contributed by atoms with Gasteiger partial charge in [-0.25, -0.2) is 19.2 Å². The summed E-state index contributed by atoms with van der Waals surface area (Å²) in [6, 6.07) is 9.08. The fraction of sp³-hybridized carbons (Fsp3) is 0.150. The van der Waals surface area contributed by atoms with Gasteiger partial charge in [0.15, 0.2) is 5.82 Å². The predicted molar refractivity (Wildman–Crippen MR) is 93.3 cm³/mol. The molecular weight excluding hydrogens is 376 g/mol. The molecule has 0 saturated carbocycles. The third-order valence-electron chi connectivity index (χ3n) is 3.79. The number of alkyl halides is 3. The molecule has 0 atom stereocenters. The van der Waals surface area contributed by atoms with E-state index in [4.69, 9.17) is 4.74 Å². The Morgan fingerprint density at radius 2 is 1.68 bits per heavy atom. The Kier molecular flexibility index (Phi) is 5.39. The lowest BCUT2D eigenvalue weighted by molar-refractivity contribution is -0.127. The summed E-state index contributed by atoms with van der Waals surface area (Å²) in [5.41, 5.74) is 1.28. The van der Waals surface area contributed by atoms with Crippen molar-refractivity contribution in [2.45, 2.75) is 19.5 Å². The highest BCUT2D eigenvalue weighted by atomic mass is 19.4. The number of halogens is 4. The summed E-state index contributed by atoms with van der Waals surface area (Å²) >= 11 is 0. The quantitative estimate of drug-likeness (QED) is 0.361. The molecule has 0 saturated heterocycles. The van der Waals surface area contributed by atoms with Crippen LogP contribution in [0.1, 0.15) is 21.5 Å². The molecule has 0 aliphatic heterocycles. The molecule has 144 valence electrons. The molecule has 0 radical (unpaired) electrons. The van der Waals surface area contributed by atoms with E-state index in [1.165, 1.54) is 12.1 Å². The first-order valence-electron chi connectivity index (χ1n) is 8.18. The molecule has 1 aromatic heterocycles. The number of benzene rings is 2. The molecule has 0 aliphatic carbocycles. The van der Waals surface area contributed by atoms with Gasteiger partial charge in [0.25, 0.3) is 0 Å². The van der Waals surface area contributed by atoms with Gasteiger partial charge in [0.1, 0.15) is 11.6 Å². The molecule has 4 nitrogen and oxygen atoms in total. The van der Waals surface area contributed by atoms with Crippen molar-refractivity contribution < 1.29 is 27.1 Å². The molecule has 0 aliphatic rings. The Morgan fingerprint density at radius 3 is 2.25 bits per heavy atom. The summed E-state index contributed by atoms with van der Waals surface area (Å²) in [6.45, 7) is 1.86. The van der Waals surface area contributed by atoms with E-state index in [-0.39, 0.29) is 11.3 Å². The van der Waals surface area contributed by atoms with Crippen molar-refractivity contribution in [3.05, 3.63) is 77.4 Å². The van der Waals surface area contributed by atoms with Crippen LogP contribution in [0.15, 0.2) is 54.9 Å². The van der Waals surface area contributed by atoms with Crippen LogP contribution in [-0.4, -0.2) is 22.1 Å². The highest BCUT2D eigenvalue weighted by Gasteiger charge is 2.29. The average Bonchev–Trinajstić information content (AvgIpc) is 2.64. The SMILES string of the molecule is Cc1cnc(-c2ccc(C(=O)Oc3ccc(CC(F)(F)F)c(F)c3)cc2)nc1. The smallest absolute Gasteiger partial charge is 0.393 e. The van der Waals surface area contributed by atoms with E-state index in [2.05, 4.69) is 9.97 Å². The number of carbonyl (C=O) groups excluding carboxylic acids is 1. The van der Waals surface area contributed by atoms with E-state index in [0.717, 1.165) is 23.8 Å². The number of hydrogen-bond acceptors (Lipinski definition) is 4. The van der Waals surface area contributed by atoms with Crippen LogP contribution >= 0.6 is 0 Å². The van der Waals surface area contributed by atoms with Gasteiger partial charge >= 0.3 is 12.1 Å². The lowest BCUT2D eigenvalue weighted by Gasteiger charge is -2.09. The Labute approximate surface area is 157 Å². The highest BCUT2D eigenvalue weighted by Crippen LogP contribution is 2.25. The molecule has 2 aromatic carbocycles. The minimum atomic E-state index is -4.53. The monoisotopic (exact) mass is 390 g/mol. The van der Waals surface area contributed by atoms with Crippen molar-refractivity contribution in [2.75, 3.05) is 0 Å². The molecule has 0 fully saturated rings.